The molecule has 0 saturated carbocycles. The molecular formula is C26H34N6O. The average Bonchev–Trinajstić information content (AvgIpc) is 2.83. The summed E-state index contributed by atoms with van der Waals surface area (Å²) in [5, 5.41) is 24.1. The molecule has 6 rings (SSSR count). The number of fused-ring (bicyclic) bond motifs is 4. The molecule has 3 saturated heterocycles. The quantitative estimate of drug-likeness (QED) is 0.597. The van der Waals surface area contributed by atoms with Gasteiger partial charge < -0.3 is 15.3 Å². The summed E-state index contributed by atoms with van der Waals surface area (Å²) in [6, 6.07) is 9.67. The number of aromatic nitrogens is 3. The van der Waals surface area contributed by atoms with Crippen LogP contribution in [-0.4, -0.2) is 63.5 Å². The van der Waals surface area contributed by atoms with Crippen molar-refractivity contribution in [2.24, 2.45) is 0 Å². The van der Waals surface area contributed by atoms with Crippen molar-refractivity contribution in [2.75, 3.05) is 36.5 Å². The van der Waals surface area contributed by atoms with E-state index in [1.165, 1.54) is 29.5 Å². The van der Waals surface area contributed by atoms with Crippen molar-refractivity contribution in [1.82, 2.24) is 20.1 Å². The van der Waals surface area contributed by atoms with Crippen LogP contribution in [0.25, 0.3) is 10.8 Å². The first-order chi connectivity index (χ1) is 16.0. The second-order valence-corrected chi connectivity index (χ2v) is 9.63. The highest BCUT2D eigenvalue weighted by atomic mass is 16.3. The Morgan fingerprint density at radius 2 is 1.91 bits per heavy atom. The fourth-order valence-corrected chi connectivity index (χ4v) is 5.55. The van der Waals surface area contributed by atoms with Gasteiger partial charge in [-0.2, -0.15) is 5.10 Å². The Morgan fingerprint density at radius 1 is 1.09 bits per heavy atom. The van der Waals surface area contributed by atoms with Crippen LogP contribution in [0, 0.1) is 20.8 Å². The van der Waals surface area contributed by atoms with Gasteiger partial charge in [0.05, 0.1) is 18.3 Å². The van der Waals surface area contributed by atoms with Crippen molar-refractivity contribution in [1.29, 1.82) is 0 Å². The predicted octanol–water partition coefficient (Wildman–Crippen LogP) is 3.77. The molecule has 3 atom stereocenters. The smallest absolute Gasteiger partial charge is 0.157 e. The number of piperazine rings is 1. The van der Waals surface area contributed by atoms with Crippen LogP contribution in [0.15, 0.2) is 30.5 Å². The molecule has 0 spiro atoms. The van der Waals surface area contributed by atoms with Gasteiger partial charge in [-0.3, -0.25) is 4.90 Å². The lowest BCUT2D eigenvalue weighted by molar-refractivity contribution is 0.0762. The van der Waals surface area contributed by atoms with E-state index in [1.54, 1.807) is 0 Å². The third kappa shape index (κ3) is 4.04. The zero-order chi connectivity index (χ0) is 23.1. The van der Waals surface area contributed by atoms with Crippen molar-refractivity contribution in [3.63, 3.8) is 0 Å². The summed E-state index contributed by atoms with van der Waals surface area (Å²) in [5.74, 6) is 1.81. The lowest BCUT2D eigenvalue weighted by Crippen LogP contribution is -2.63. The molecule has 7 nitrogen and oxygen atoms in total. The molecule has 1 aromatic carbocycles. The molecule has 0 aliphatic carbocycles. The molecule has 1 unspecified atom stereocenters. The summed E-state index contributed by atoms with van der Waals surface area (Å²) >= 11 is 0. The molecule has 3 aliphatic rings. The van der Waals surface area contributed by atoms with E-state index >= 15 is 0 Å². The van der Waals surface area contributed by atoms with Crippen molar-refractivity contribution in [3.05, 3.63) is 52.8 Å². The highest BCUT2D eigenvalue weighted by Gasteiger charge is 2.39. The van der Waals surface area contributed by atoms with Gasteiger partial charge in [-0.1, -0.05) is 18.2 Å². The summed E-state index contributed by atoms with van der Waals surface area (Å²) < 4.78 is 0. The number of anilines is 2. The van der Waals surface area contributed by atoms with Crippen LogP contribution in [-0.2, 0) is 0 Å². The van der Waals surface area contributed by atoms with E-state index in [0.29, 0.717) is 12.1 Å². The number of hydrogen-bond acceptors (Lipinski definition) is 7. The van der Waals surface area contributed by atoms with Crippen molar-refractivity contribution in [2.45, 2.75) is 58.7 Å². The van der Waals surface area contributed by atoms with E-state index in [-0.39, 0.29) is 12.6 Å². The minimum absolute atomic E-state index is 0.111. The number of pyridine rings is 1. The molecule has 0 amide bonds. The Kier molecular flexibility index (Phi) is 5.93. The summed E-state index contributed by atoms with van der Waals surface area (Å²) in [4.78, 5) is 9.73. The maximum atomic E-state index is 9.40. The molecule has 33 heavy (non-hydrogen) atoms. The van der Waals surface area contributed by atoms with Crippen LogP contribution in [0.2, 0.25) is 0 Å². The maximum absolute atomic E-state index is 9.40. The number of aliphatic hydroxyl groups excluding tert-OH is 1. The van der Waals surface area contributed by atoms with Gasteiger partial charge in [0.15, 0.2) is 5.82 Å². The van der Waals surface area contributed by atoms with E-state index in [0.717, 1.165) is 47.7 Å². The highest BCUT2D eigenvalue weighted by Crippen LogP contribution is 2.35. The standard InChI is InChI=1S/C26H34N6O/c1-16-6-5-7-22(17(16)2)18(3)28-26-23-12-25(27-13-24(23)19(4)29-30-26)32-15-20-8-9-21(32)14-31(20)10-11-33/h5-7,12-13,18,20-21,33H,8-11,14-15H2,1-4H3,(H,28,30)/t18-,20-,21?/m1/s1. The van der Waals surface area contributed by atoms with Crippen LogP contribution < -0.4 is 10.2 Å². The normalized spacial score (nSPS) is 21.5. The van der Waals surface area contributed by atoms with Gasteiger partial charge in [0.2, 0.25) is 0 Å². The van der Waals surface area contributed by atoms with E-state index < -0.39 is 0 Å². The minimum atomic E-state index is 0.111. The van der Waals surface area contributed by atoms with Crippen molar-refractivity contribution < 1.29 is 5.11 Å². The third-order valence-corrected chi connectivity index (χ3v) is 7.63. The molecule has 7 heteroatoms. The minimum Gasteiger partial charge on any atom is -0.395 e. The zero-order valence-electron chi connectivity index (χ0n) is 20.0. The molecule has 2 bridgehead atoms. The molecule has 2 N–H and O–H groups in total. The Labute approximate surface area is 195 Å². The first-order valence-corrected chi connectivity index (χ1v) is 12.0. The average molecular weight is 447 g/mol. The Morgan fingerprint density at radius 3 is 2.67 bits per heavy atom. The Bertz CT molecular complexity index is 1160. The van der Waals surface area contributed by atoms with Gasteiger partial charge in [0.1, 0.15) is 5.82 Å². The number of rotatable bonds is 6. The van der Waals surface area contributed by atoms with Crippen LogP contribution in [0.4, 0.5) is 11.6 Å². The number of hydrogen-bond donors (Lipinski definition) is 2. The SMILES string of the molecule is Cc1cccc([C@@H](C)Nc2nnc(C)c3cnc(N4C[C@H]5CCC4CN5CCO)cc23)c1C. The second kappa shape index (κ2) is 8.88. The van der Waals surface area contributed by atoms with Gasteiger partial charge >= 0.3 is 0 Å². The highest BCUT2D eigenvalue weighted by molar-refractivity contribution is 5.94. The number of nitrogens with one attached hydrogen (secondary N) is 1. The van der Waals surface area contributed by atoms with Crippen LogP contribution in [0.3, 0.4) is 0 Å². The van der Waals surface area contributed by atoms with E-state index in [2.05, 4.69) is 70.4 Å². The molecule has 3 fully saturated rings. The summed E-state index contributed by atoms with van der Waals surface area (Å²) in [7, 11) is 0. The topological polar surface area (TPSA) is 77.4 Å². The van der Waals surface area contributed by atoms with E-state index in [1.807, 2.05) is 13.1 Å². The number of nitrogens with zero attached hydrogens (tertiary/aromatic N) is 5. The summed E-state index contributed by atoms with van der Waals surface area (Å²) in [5.41, 5.74) is 4.77. The first-order valence-electron chi connectivity index (χ1n) is 12.0. The Balaban J connectivity index is 1.47. The third-order valence-electron chi connectivity index (χ3n) is 7.63. The van der Waals surface area contributed by atoms with Gasteiger partial charge in [-0.05, 0) is 63.3 Å². The Hall–Kier alpha value is -2.77. The maximum Gasteiger partial charge on any atom is 0.157 e. The zero-order valence-corrected chi connectivity index (χ0v) is 20.0. The number of piperidine rings is 2. The fourth-order valence-electron chi connectivity index (χ4n) is 5.55. The van der Waals surface area contributed by atoms with Crippen LogP contribution >= 0.6 is 0 Å². The predicted molar refractivity (Wildman–Crippen MR) is 133 cm³/mol. The van der Waals surface area contributed by atoms with E-state index in [9.17, 15) is 5.11 Å². The first kappa shape index (κ1) is 22.0. The summed E-state index contributed by atoms with van der Waals surface area (Å²) in [6.07, 6.45) is 4.32. The van der Waals surface area contributed by atoms with Crippen molar-refractivity contribution >= 4 is 22.4 Å². The molecule has 174 valence electrons. The van der Waals surface area contributed by atoms with Crippen LogP contribution in [0.5, 0.6) is 0 Å². The molecule has 5 heterocycles. The number of benzene rings is 1. The number of aliphatic hydroxyl groups is 1. The second-order valence-electron chi connectivity index (χ2n) is 9.63. The van der Waals surface area contributed by atoms with Crippen molar-refractivity contribution in [3.8, 4) is 0 Å². The van der Waals surface area contributed by atoms with Gasteiger partial charge in [0.25, 0.3) is 0 Å². The number of aryl methyl sites for hydroxylation is 2. The van der Waals surface area contributed by atoms with Crippen LogP contribution in [0.1, 0.15) is 48.2 Å². The molecule has 3 aromatic rings. The van der Waals surface area contributed by atoms with E-state index in [4.69, 9.17) is 4.98 Å². The molecular weight excluding hydrogens is 412 g/mol. The molecule has 3 aliphatic heterocycles. The molecule has 2 aromatic heterocycles. The monoisotopic (exact) mass is 446 g/mol. The lowest BCUT2D eigenvalue weighted by atomic mass is 9.90. The van der Waals surface area contributed by atoms with Gasteiger partial charge in [-0.15, -0.1) is 5.10 Å². The molecule has 0 radical (unpaired) electrons. The lowest BCUT2D eigenvalue weighted by Gasteiger charge is -2.52. The van der Waals surface area contributed by atoms with Gasteiger partial charge in [-0.25, -0.2) is 4.98 Å². The van der Waals surface area contributed by atoms with Gasteiger partial charge in [0, 0.05) is 48.7 Å². The summed E-state index contributed by atoms with van der Waals surface area (Å²) in [6.45, 7) is 11.4. The largest absolute Gasteiger partial charge is 0.395 e. The fraction of sp³-hybridized carbons (Fsp3) is 0.500.